The fourth-order valence-electron chi connectivity index (χ4n) is 1.35. The summed E-state index contributed by atoms with van der Waals surface area (Å²) >= 11 is 0. The molecule has 0 spiro atoms. The minimum Gasteiger partial charge on any atom is -0.327 e. The van der Waals surface area contributed by atoms with Crippen molar-refractivity contribution in [1.82, 2.24) is 0 Å². The Hall–Kier alpha value is -0.0900. The van der Waals surface area contributed by atoms with Crippen LogP contribution in [0.25, 0.3) is 0 Å². The monoisotopic (exact) mass is 205 g/mol. The predicted octanol–water partition coefficient (Wildman–Crippen LogP) is 0.937. The molecule has 3 nitrogen and oxygen atoms in total. The Morgan fingerprint density at radius 3 is 2.38 bits per heavy atom. The van der Waals surface area contributed by atoms with Crippen molar-refractivity contribution in [2.24, 2.45) is 11.7 Å². The highest BCUT2D eigenvalue weighted by atomic mass is 32.2. The topological polar surface area (TPSA) is 60.2 Å². The highest BCUT2D eigenvalue weighted by Crippen LogP contribution is 2.32. The average molecular weight is 205 g/mol. The van der Waals surface area contributed by atoms with E-state index in [-0.39, 0.29) is 17.0 Å². The minimum atomic E-state index is -2.94. The van der Waals surface area contributed by atoms with Crippen molar-refractivity contribution in [2.75, 3.05) is 5.75 Å². The standard InChI is InChI=1S/C9H19NO2S/c1-3-7(2)13(11,12)6-9(10)8-4-5-8/h7-9H,3-6,10H2,1-2H3. The second-order valence-corrected chi connectivity index (χ2v) is 6.51. The van der Waals surface area contributed by atoms with Crippen LogP contribution in [0.15, 0.2) is 0 Å². The Morgan fingerprint density at radius 1 is 1.46 bits per heavy atom. The first kappa shape index (κ1) is 11.0. The van der Waals surface area contributed by atoms with Crippen molar-refractivity contribution in [3.05, 3.63) is 0 Å². The van der Waals surface area contributed by atoms with Crippen molar-refractivity contribution < 1.29 is 8.42 Å². The lowest BCUT2D eigenvalue weighted by molar-refractivity contribution is 0.561. The molecule has 0 aromatic rings. The van der Waals surface area contributed by atoms with Gasteiger partial charge in [0.2, 0.25) is 0 Å². The molecule has 1 rings (SSSR count). The molecule has 2 unspecified atom stereocenters. The molecule has 0 amide bonds. The van der Waals surface area contributed by atoms with Crippen LogP contribution < -0.4 is 5.73 Å². The number of sulfone groups is 1. The third-order valence-electron chi connectivity index (χ3n) is 2.84. The van der Waals surface area contributed by atoms with Crippen LogP contribution in [-0.4, -0.2) is 25.5 Å². The maximum Gasteiger partial charge on any atom is 0.154 e. The van der Waals surface area contributed by atoms with E-state index in [2.05, 4.69) is 0 Å². The molecular weight excluding hydrogens is 186 g/mol. The quantitative estimate of drug-likeness (QED) is 0.726. The Morgan fingerprint density at radius 2 is 2.00 bits per heavy atom. The molecule has 4 heteroatoms. The van der Waals surface area contributed by atoms with Gasteiger partial charge in [-0.3, -0.25) is 0 Å². The lowest BCUT2D eigenvalue weighted by atomic mass is 10.2. The number of hydrogen-bond acceptors (Lipinski definition) is 3. The lowest BCUT2D eigenvalue weighted by Crippen LogP contribution is -2.35. The lowest BCUT2D eigenvalue weighted by Gasteiger charge is -2.14. The van der Waals surface area contributed by atoms with E-state index >= 15 is 0 Å². The van der Waals surface area contributed by atoms with Crippen LogP contribution in [0, 0.1) is 5.92 Å². The Kier molecular flexibility index (Phi) is 3.35. The molecule has 13 heavy (non-hydrogen) atoms. The maximum atomic E-state index is 11.6. The molecule has 0 aliphatic heterocycles. The summed E-state index contributed by atoms with van der Waals surface area (Å²) in [6.07, 6.45) is 2.90. The van der Waals surface area contributed by atoms with Gasteiger partial charge in [0.25, 0.3) is 0 Å². The van der Waals surface area contributed by atoms with Crippen molar-refractivity contribution in [2.45, 2.75) is 44.4 Å². The van der Waals surface area contributed by atoms with Gasteiger partial charge in [-0.15, -0.1) is 0 Å². The summed E-state index contributed by atoms with van der Waals surface area (Å²) in [5.41, 5.74) is 5.78. The smallest absolute Gasteiger partial charge is 0.154 e. The van der Waals surface area contributed by atoms with Gasteiger partial charge in [0.1, 0.15) is 0 Å². The van der Waals surface area contributed by atoms with Gasteiger partial charge in [0.05, 0.1) is 11.0 Å². The molecule has 1 aliphatic rings. The zero-order chi connectivity index (χ0) is 10.1. The van der Waals surface area contributed by atoms with Crippen molar-refractivity contribution >= 4 is 9.84 Å². The van der Waals surface area contributed by atoms with Crippen LogP contribution in [0.2, 0.25) is 0 Å². The number of rotatable bonds is 5. The van der Waals surface area contributed by atoms with Crippen LogP contribution in [-0.2, 0) is 9.84 Å². The number of nitrogens with two attached hydrogens (primary N) is 1. The highest BCUT2D eigenvalue weighted by Gasteiger charge is 2.33. The molecule has 0 bridgehead atoms. The van der Waals surface area contributed by atoms with E-state index in [1.807, 2.05) is 6.92 Å². The predicted molar refractivity (Wildman–Crippen MR) is 54.2 cm³/mol. The summed E-state index contributed by atoms with van der Waals surface area (Å²) in [5.74, 6) is 0.644. The van der Waals surface area contributed by atoms with Crippen LogP contribution in [0.4, 0.5) is 0 Å². The van der Waals surface area contributed by atoms with E-state index in [1.165, 1.54) is 0 Å². The van der Waals surface area contributed by atoms with Gasteiger partial charge in [0.15, 0.2) is 9.84 Å². The summed E-state index contributed by atoms with van der Waals surface area (Å²) in [5, 5.41) is -0.239. The minimum absolute atomic E-state index is 0.126. The van der Waals surface area contributed by atoms with E-state index in [9.17, 15) is 8.42 Å². The fourth-order valence-corrected chi connectivity index (χ4v) is 2.99. The molecule has 78 valence electrons. The first-order valence-corrected chi connectivity index (χ1v) is 6.66. The fraction of sp³-hybridized carbons (Fsp3) is 1.00. The molecule has 2 atom stereocenters. The van der Waals surface area contributed by atoms with Crippen molar-refractivity contribution in [3.63, 3.8) is 0 Å². The van der Waals surface area contributed by atoms with Crippen molar-refractivity contribution in [3.8, 4) is 0 Å². The summed E-state index contributed by atoms with van der Waals surface area (Å²) in [6, 6.07) is -0.126. The molecule has 0 aromatic carbocycles. The summed E-state index contributed by atoms with van der Waals surface area (Å²) in [4.78, 5) is 0. The molecule has 2 N–H and O–H groups in total. The van der Waals surface area contributed by atoms with Crippen LogP contribution >= 0.6 is 0 Å². The summed E-state index contributed by atoms with van der Waals surface area (Å²) < 4.78 is 23.2. The van der Waals surface area contributed by atoms with Crippen LogP contribution in [0.1, 0.15) is 33.1 Å². The summed E-state index contributed by atoms with van der Waals surface area (Å²) in [6.45, 7) is 3.65. The van der Waals surface area contributed by atoms with Gasteiger partial charge in [-0.25, -0.2) is 8.42 Å². The third-order valence-corrected chi connectivity index (χ3v) is 5.25. The van der Waals surface area contributed by atoms with Crippen LogP contribution in [0.3, 0.4) is 0 Å². The Labute approximate surface area is 80.6 Å². The van der Waals surface area contributed by atoms with E-state index in [0.29, 0.717) is 12.3 Å². The Balaban J connectivity index is 2.50. The largest absolute Gasteiger partial charge is 0.327 e. The maximum absolute atomic E-state index is 11.6. The van der Waals surface area contributed by atoms with Gasteiger partial charge in [-0.05, 0) is 32.1 Å². The van der Waals surface area contributed by atoms with Gasteiger partial charge in [0, 0.05) is 6.04 Å². The first-order chi connectivity index (χ1) is 5.97. The highest BCUT2D eigenvalue weighted by molar-refractivity contribution is 7.92. The van der Waals surface area contributed by atoms with E-state index in [1.54, 1.807) is 6.92 Å². The molecule has 0 saturated heterocycles. The zero-order valence-corrected chi connectivity index (χ0v) is 9.18. The normalized spacial score (nSPS) is 22.7. The molecule has 1 fully saturated rings. The number of hydrogen-bond donors (Lipinski definition) is 1. The molecule has 0 radical (unpaired) electrons. The first-order valence-electron chi connectivity index (χ1n) is 4.94. The second kappa shape index (κ2) is 3.96. The molecule has 0 aromatic heterocycles. The third kappa shape index (κ3) is 2.95. The second-order valence-electron chi connectivity index (χ2n) is 4.05. The molecule has 0 heterocycles. The van der Waals surface area contributed by atoms with Gasteiger partial charge in [-0.2, -0.15) is 0 Å². The van der Waals surface area contributed by atoms with Gasteiger partial charge in [-0.1, -0.05) is 6.92 Å². The van der Waals surface area contributed by atoms with Crippen LogP contribution in [0.5, 0.6) is 0 Å². The zero-order valence-electron chi connectivity index (χ0n) is 8.36. The SMILES string of the molecule is CCC(C)S(=O)(=O)CC(N)C1CC1. The van der Waals surface area contributed by atoms with E-state index < -0.39 is 9.84 Å². The molecular formula is C9H19NO2S. The molecule has 1 aliphatic carbocycles. The van der Waals surface area contributed by atoms with Gasteiger partial charge >= 0.3 is 0 Å². The van der Waals surface area contributed by atoms with E-state index in [4.69, 9.17) is 5.73 Å². The van der Waals surface area contributed by atoms with Crippen molar-refractivity contribution in [1.29, 1.82) is 0 Å². The van der Waals surface area contributed by atoms with E-state index in [0.717, 1.165) is 12.8 Å². The van der Waals surface area contributed by atoms with Gasteiger partial charge < -0.3 is 5.73 Å². The summed E-state index contributed by atoms with van der Waals surface area (Å²) in [7, 11) is -2.94. The Bertz CT molecular complexity index is 257. The average Bonchev–Trinajstić information content (AvgIpc) is 2.84. The molecule has 1 saturated carbocycles.